The van der Waals surface area contributed by atoms with Gasteiger partial charge in [-0.25, -0.2) is 12.4 Å². The van der Waals surface area contributed by atoms with Crippen LogP contribution in [-0.2, 0) is 16.6 Å². The molecule has 4 rings (SSSR count). The summed E-state index contributed by atoms with van der Waals surface area (Å²) in [7, 11) is -1.78. The number of non-ortho nitro benzene ring substituents is 1. The molecule has 0 amide bonds. The molecule has 0 radical (unpaired) electrons. The van der Waals surface area contributed by atoms with Crippen molar-refractivity contribution in [2.75, 3.05) is 33.2 Å². The lowest BCUT2D eigenvalue weighted by atomic mass is 10.1. The maximum atomic E-state index is 13.3. The van der Waals surface area contributed by atoms with E-state index in [0.29, 0.717) is 17.4 Å². The van der Waals surface area contributed by atoms with Crippen molar-refractivity contribution in [2.45, 2.75) is 11.4 Å². The van der Waals surface area contributed by atoms with Gasteiger partial charge in [-0.1, -0.05) is 15.9 Å². The third-order valence-corrected chi connectivity index (χ3v) is 7.62. The van der Waals surface area contributed by atoms with Gasteiger partial charge in [0.1, 0.15) is 0 Å². The van der Waals surface area contributed by atoms with Crippen LogP contribution in [0.15, 0.2) is 58.0 Å². The number of nitro benzene ring substituents is 1. The van der Waals surface area contributed by atoms with Crippen molar-refractivity contribution in [3.63, 3.8) is 0 Å². The van der Waals surface area contributed by atoms with Crippen LogP contribution in [-0.4, -0.2) is 60.3 Å². The molecule has 0 atom stereocenters. The molecule has 0 spiro atoms. The van der Waals surface area contributed by atoms with E-state index in [1.165, 1.54) is 34.3 Å². The van der Waals surface area contributed by atoms with Crippen molar-refractivity contribution >= 4 is 42.5 Å². The van der Waals surface area contributed by atoms with E-state index in [1.54, 1.807) is 18.3 Å². The Morgan fingerprint density at radius 1 is 1.07 bits per heavy atom. The van der Waals surface area contributed by atoms with Gasteiger partial charge in [0.15, 0.2) is 0 Å². The lowest BCUT2D eigenvalue weighted by Gasteiger charge is -2.32. The first-order valence-electron chi connectivity index (χ1n) is 9.46. The van der Waals surface area contributed by atoms with E-state index < -0.39 is 14.9 Å². The molecule has 2 aromatic carbocycles. The van der Waals surface area contributed by atoms with Crippen molar-refractivity contribution in [3.8, 4) is 0 Å². The Labute approximate surface area is 183 Å². The molecule has 0 N–H and O–H groups in total. The van der Waals surface area contributed by atoms with Crippen molar-refractivity contribution in [1.82, 2.24) is 13.8 Å². The summed E-state index contributed by atoms with van der Waals surface area (Å²) >= 11 is 3.32. The number of aromatic nitrogens is 1. The Morgan fingerprint density at radius 3 is 2.37 bits per heavy atom. The molecule has 1 fully saturated rings. The molecule has 8 nitrogen and oxygen atoms in total. The first-order chi connectivity index (χ1) is 14.3. The number of likely N-dealkylation sites (N-methyl/N-ethyl adjacent to an activating group) is 1. The van der Waals surface area contributed by atoms with Gasteiger partial charge in [0.05, 0.1) is 15.3 Å². The molecule has 10 heteroatoms. The Morgan fingerprint density at radius 2 is 1.73 bits per heavy atom. The highest BCUT2D eigenvalue weighted by atomic mass is 79.9. The first kappa shape index (κ1) is 21.0. The summed E-state index contributed by atoms with van der Waals surface area (Å²) in [5.41, 5.74) is 1.15. The number of nitro groups is 1. The standard InChI is InChI=1S/C20H21BrN4O4S/c1-22-8-10-23(11-9-22)13-15-14-24(20-7-4-17(25(26)27)12-19(15)20)30(28,29)18-5-2-16(21)3-6-18/h2-7,12,14H,8-11,13H2,1H3. The van der Waals surface area contributed by atoms with Gasteiger partial charge in [0.25, 0.3) is 15.7 Å². The minimum absolute atomic E-state index is 0.0547. The van der Waals surface area contributed by atoms with Gasteiger partial charge < -0.3 is 4.90 Å². The summed E-state index contributed by atoms with van der Waals surface area (Å²) in [4.78, 5) is 15.5. The molecule has 0 bridgehead atoms. The molecule has 158 valence electrons. The number of hydrogen-bond donors (Lipinski definition) is 0. The lowest BCUT2D eigenvalue weighted by Crippen LogP contribution is -2.43. The molecule has 1 aromatic heterocycles. The van der Waals surface area contributed by atoms with Crippen LogP contribution in [0.1, 0.15) is 5.56 Å². The fourth-order valence-electron chi connectivity index (χ4n) is 3.66. The predicted octanol–water partition coefficient (Wildman–Crippen LogP) is 3.30. The van der Waals surface area contributed by atoms with Crippen LogP contribution in [0.3, 0.4) is 0 Å². The second-order valence-corrected chi connectivity index (χ2v) is 10.2. The Hall–Kier alpha value is -2.27. The van der Waals surface area contributed by atoms with Crippen molar-refractivity contribution in [2.24, 2.45) is 0 Å². The van der Waals surface area contributed by atoms with Crippen LogP contribution in [0.5, 0.6) is 0 Å². The van der Waals surface area contributed by atoms with Gasteiger partial charge in [0, 0.05) is 60.9 Å². The summed E-state index contributed by atoms with van der Waals surface area (Å²) < 4.78 is 28.7. The third kappa shape index (κ3) is 4.00. The molecule has 1 saturated heterocycles. The smallest absolute Gasteiger partial charge is 0.270 e. The number of benzene rings is 2. The summed E-state index contributed by atoms with van der Waals surface area (Å²) in [5, 5.41) is 11.9. The summed E-state index contributed by atoms with van der Waals surface area (Å²) in [5.74, 6) is 0. The van der Waals surface area contributed by atoms with Crippen molar-refractivity contribution in [3.05, 3.63) is 68.8 Å². The maximum Gasteiger partial charge on any atom is 0.270 e. The maximum absolute atomic E-state index is 13.3. The summed E-state index contributed by atoms with van der Waals surface area (Å²) in [6.45, 7) is 4.11. The normalized spacial score (nSPS) is 16.2. The Bertz CT molecular complexity index is 1200. The van der Waals surface area contributed by atoms with Crippen LogP contribution in [0.25, 0.3) is 10.9 Å². The van der Waals surface area contributed by atoms with Crippen LogP contribution >= 0.6 is 15.9 Å². The highest BCUT2D eigenvalue weighted by molar-refractivity contribution is 9.10. The van der Waals surface area contributed by atoms with E-state index in [4.69, 9.17) is 0 Å². The van der Waals surface area contributed by atoms with Crippen LogP contribution in [0.4, 0.5) is 5.69 Å². The number of halogens is 1. The number of nitrogens with zero attached hydrogens (tertiary/aromatic N) is 4. The van der Waals surface area contributed by atoms with E-state index in [9.17, 15) is 18.5 Å². The minimum Gasteiger partial charge on any atom is -0.304 e. The largest absolute Gasteiger partial charge is 0.304 e. The van der Waals surface area contributed by atoms with E-state index in [2.05, 4.69) is 32.8 Å². The van der Waals surface area contributed by atoms with Gasteiger partial charge in [-0.3, -0.25) is 15.0 Å². The molecule has 2 heterocycles. The quantitative estimate of drug-likeness (QED) is 0.401. The topological polar surface area (TPSA) is 88.7 Å². The SMILES string of the molecule is CN1CCN(Cc2cn(S(=O)(=O)c3ccc(Br)cc3)c3ccc([N+](=O)[O-])cc23)CC1. The van der Waals surface area contributed by atoms with E-state index in [0.717, 1.165) is 36.2 Å². The first-order valence-corrected chi connectivity index (χ1v) is 11.7. The summed E-state index contributed by atoms with van der Waals surface area (Å²) in [6, 6.07) is 10.7. The second-order valence-electron chi connectivity index (χ2n) is 7.45. The Kier molecular flexibility index (Phi) is 5.67. The molecule has 1 aliphatic heterocycles. The lowest BCUT2D eigenvalue weighted by molar-refractivity contribution is -0.384. The van der Waals surface area contributed by atoms with Crippen molar-refractivity contribution < 1.29 is 13.3 Å². The summed E-state index contributed by atoms with van der Waals surface area (Å²) in [6.07, 6.45) is 1.60. The zero-order valence-corrected chi connectivity index (χ0v) is 18.8. The molecule has 30 heavy (non-hydrogen) atoms. The molecule has 0 saturated carbocycles. The van der Waals surface area contributed by atoms with E-state index >= 15 is 0 Å². The molecule has 3 aromatic rings. The van der Waals surface area contributed by atoms with Gasteiger partial charge in [-0.05, 0) is 42.9 Å². The fraction of sp³-hybridized carbons (Fsp3) is 0.300. The Balaban J connectivity index is 1.82. The highest BCUT2D eigenvalue weighted by Crippen LogP contribution is 2.30. The zero-order chi connectivity index (χ0) is 21.5. The fourth-order valence-corrected chi connectivity index (χ4v) is 5.32. The number of piperazine rings is 1. The van der Waals surface area contributed by atoms with E-state index in [-0.39, 0.29) is 10.6 Å². The van der Waals surface area contributed by atoms with Gasteiger partial charge in [-0.15, -0.1) is 0 Å². The predicted molar refractivity (Wildman–Crippen MR) is 118 cm³/mol. The molecule has 1 aliphatic rings. The van der Waals surface area contributed by atoms with Gasteiger partial charge >= 0.3 is 0 Å². The molecule has 0 aliphatic carbocycles. The monoisotopic (exact) mass is 492 g/mol. The van der Waals surface area contributed by atoms with E-state index in [1.807, 2.05) is 0 Å². The third-order valence-electron chi connectivity index (χ3n) is 5.41. The highest BCUT2D eigenvalue weighted by Gasteiger charge is 2.24. The number of rotatable bonds is 5. The molecule has 0 unspecified atom stereocenters. The number of hydrogen-bond acceptors (Lipinski definition) is 6. The molecular formula is C20H21BrN4O4S. The zero-order valence-electron chi connectivity index (χ0n) is 16.4. The van der Waals surface area contributed by atoms with Crippen LogP contribution < -0.4 is 0 Å². The van der Waals surface area contributed by atoms with Crippen LogP contribution in [0.2, 0.25) is 0 Å². The minimum atomic E-state index is -3.84. The average molecular weight is 493 g/mol. The second kappa shape index (κ2) is 8.10. The van der Waals surface area contributed by atoms with Gasteiger partial charge in [0.2, 0.25) is 0 Å². The van der Waals surface area contributed by atoms with Crippen LogP contribution in [0, 0.1) is 10.1 Å². The molecular weight excluding hydrogens is 472 g/mol. The van der Waals surface area contributed by atoms with Crippen molar-refractivity contribution in [1.29, 1.82) is 0 Å². The number of fused-ring (bicyclic) bond motifs is 1. The van der Waals surface area contributed by atoms with Gasteiger partial charge in [-0.2, -0.15) is 0 Å². The average Bonchev–Trinajstić information content (AvgIpc) is 3.08.